The number of carbonyl (C=O) groups excluding carboxylic acids is 1. The van der Waals surface area contributed by atoms with Crippen LogP contribution in [0.2, 0.25) is 5.02 Å². The van der Waals surface area contributed by atoms with Crippen LogP contribution in [0, 0.1) is 17.2 Å². The number of rotatable bonds is 7. The molecule has 4 nitrogen and oxygen atoms in total. The minimum Gasteiger partial charge on any atom is -0.502 e. The first-order valence-electron chi connectivity index (χ1n) is 6.91. The number of Topliss-reactive ketones (excluding diaryl/α,β-unsaturated/α-hetero) is 1. The zero-order valence-electron chi connectivity index (χ0n) is 12.9. The third-order valence-electron chi connectivity index (χ3n) is 2.92. The van der Waals surface area contributed by atoms with Gasteiger partial charge in [0.1, 0.15) is 11.7 Å². The van der Waals surface area contributed by atoms with Crippen molar-refractivity contribution in [2.75, 3.05) is 6.61 Å². The summed E-state index contributed by atoms with van der Waals surface area (Å²) in [6, 6.07) is 5.58. The Morgan fingerprint density at radius 2 is 2.08 bits per heavy atom. The van der Waals surface area contributed by atoms with Crippen LogP contribution < -0.4 is 4.74 Å². The monoisotopic (exact) mass is 361 g/mol. The molecule has 0 spiro atoms. The number of carbonyl (C=O) groups is 1. The SMILES string of the molecule is CCO/C=C/C(C(Oc1cc(Cl)cc(C#N)c1)C(C)=O)C(F)(F)F. The number of ether oxygens (including phenoxy) is 2. The van der Waals surface area contributed by atoms with Crippen molar-refractivity contribution in [1.82, 2.24) is 0 Å². The van der Waals surface area contributed by atoms with E-state index in [1.54, 1.807) is 13.0 Å². The summed E-state index contributed by atoms with van der Waals surface area (Å²) >= 11 is 5.79. The van der Waals surface area contributed by atoms with Gasteiger partial charge in [0.15, 0.2) is 11.9 Å². The van der Waals surface area contributed by atoms with Crippen molar-refractivity contribution in [3.05, 3.63) is 41.1 Å². The molecule has 1 rings (SSSR count). The molecule has 0 bridgehead atoms. The highest BCUT2D eigenvalue weighted by Gasteiger charge is 2.46. The second-order valence-electron chi connectivity index (χ2n) is 4.79. The van der Waals surface area contributed by atoms with E-state index in [9.17, 15) is 18.0 Å². The van der Waals surface area contributed by atoms with Crippen molar-refractivity contribution in [1.29, 1.82) is 5.26 Å². The first kappa shape index (κ1) is 19.8. The van der Waals surface area contributed by atoms with Gasteiger partial charge in [-0.3, -0.25) is 4.79 Å². The van der Waals surface area contributed by atoms with E-state index in [1.807, 2.05) is 0 Å². The van der Waals surface area contributed by atoms with Crippen LogP contribution in [0.3, 0.4) is 0 Å². The van der Waals surface area contributed by atoms with Crippen molar-refractivity contribution in [3.63, 3.8) is 0 Å². The highest BCUT2D eigenvalue weighted by atomic mass is 35.5. The van der Waals surface area contributed by atoms with E-state index < -0.39 is 24.0 Å². The summed E-state index contributed by atoms with van der Waals surface area (Å²) in [6.45, 7) is 2.79. The number of nitrogens with zero attached hydrogens (tertiary/aromatic N) is 1. The highest BCUT2D eigenvalue weighted by Crippen LogP contribution is 2.33. The molecule has 0 N–H and O–H groups in total. The summed E-state index contributed by atoms with van der Waals surface area (Å²) in [4.78, 5) is 11.7. The molecule has 2 atom stereocenters. The van der Waals surface area contributed by atoms with Crippen LogP contribution in [0.15, 0.2) is 30.5 Å². The van der Waals surface area contributed by atoms with E-state index in [4.69, 9.17) is 26.3 Å². The molecule has 0 aliphatic heterocycles. The van der Waals surface area contributed by atoms with E-state index in [1.165, 1.54) is 18.2 Å². The average Bonchev–Trinajstić information content (AvgIpc) is 2.48. The predicted octanol–water partition coefficient (Wildman–Crippen LogP) is 4.28. The lowest BCUT2D eigenvalue weighted by Gasteiger charge is -2.25. The van der Waals surface area contributed by atoms with Gasteiger partial charge in [0, 0.05) is 5.02 Å². The van der Waals surface area contributed by atoms with E-state index in [2.05, 4.69) is 0 Å². The summed E-state index contributed by atoms with van der Waals surface area (Å²) in [6.07, 6.45) is -4.94. The van der Waals surface area contributed by atoms with E-state index in [-0.39, 0.29) is 22.9 Å². The summed E-state index contributed by atoms with van der Waals surface area (Å²) in [5.74, 6) is -3.12. The summed E-state index contributed by atoms with van der Waals surface area (Å²) in [7, 11) is 0. The van der Waals surface area contributed by atoms with Gasteiger partial charge < -0.3 is 9.47 Å². The highest BCUT2D eigenvalue weighted by molar-refractivity contribution is 6.30. The van der Waals surface area contributed by atoms with E-state index >= 15 is 0 Å². The lowest BCUT2D eigenvalue weighted by Crippen LogP contribution is -2.41. The largest absolute Gasteiger partial charge is 0.502 e. The zero-order chi connectivity index (χ0) is 18.3. The maximum Gasteiger partial charge on any atom is 0.399 e. The summed E-state index contributed by atoms with van der Waals surface area (Å²) in [5.41, 5.74) is 0.105. The second kappa shape index (κ2) is 8.60. The van der Waals surface area contributed by atoms with Gasteiger partial charge in [-0.15, -0.1) is 0 Å². The van der Waals surface area contributed by atoms with Crippen LogP contribution in [0.25, 0.3) is 0 Å². The molecule has 0 aromatic heterocycles. The van der Waals surface area contributed by atoms with Crippen molar-refractivity contribution in [3.8, 4) is 11.8 Å². The van der Waals surface area contributed by atoms with Gasteiger partial charge in [-0.25, -0.2) is 0 Å². The topological polar surface area (TPSA) is 59.3 Å². The molecular formula is C16H15ClF3NO3. The number of benzene rings is 1. The first-order valence-corrected chi connectivity index (χ1v) is 7.29. The van der Waals surface area contributed by atoms with Gasteiger partial charge in [-0.05, 0) is 38.1 Å². The maximum absolute atomic E-state index is 13.3. The van der Waals surface area contributed by atoms with Crippen LogP contribution in [0.4, 0.5) is 13.2 Å². The molecule has 0 amide bonds. The van der Waals surface area contributed by atoms with Crippen molar-refractivity contribution < 1.29 is 27.4 Å². The third kappa shape index (κ3) is 5.78. The van der Waals surface area contributed by atoms with Crippen molar-refractivity contribution in [2.45, 2.75) is 26.1 Å². The predicted molar refractivity (Wildman–Crippen MR) is 81.6 cm³/mol. The van der Waals surface area contributed by atoms with E-state index in [0.717, 1.165) is 19.3 Å². The molecular weight excluding hydrogens is 347 g/mol. The number of alkyl halides is 3. The van der Waals surface area contributed by atoms with Gasteiger partial charge in [-0.2, -0.15) is 18.4 Å². The number of ketones is 1. The standard InChI is InChI=1S/C16H15ClF3NO3/c1-3-23-5-4-14(16(18,19)20)15(10(2)22)24-13-7-11(9-21)6-12(17)8-13/h4-8,14-15H,3H2,1-2H3/b5-4+. The maximum atomic E-state index is 13.3. The molecule has 0 saturated carbocycles. The van der Waals surface area contributed by atoms with E-state index in [0.29, 0.717) is 0 Å². The Morgan fingerprint density at radius 3 is 2.58 bits per heavy atom. The van der Waals surface area contributed by atoms with Gasteiger partial charge >= 0.3 is 6.18 Å². The van der Waals surface area contributed by atoms with Gasteiger partial charge in [0.2, 0.25) is 0 Å². The molecule has 130 valence electrons. The molecule has 24 heavy (non-hydrogen) atoms. The molecule has 0 aliphatic rings. The Hall–Kier alpha value is -2.20. The van der Waals surface area contributed by atoms with Gasteiger partial charge in [0.25, 0.3) is 0 Å². The Morgan fingerprint density at radius 1 is 1.42 bits per heavy atom. The molecule has 0 fully saturated rings. The number of nitriles is 1. The normalized spacial score (nSPS) is 14.0. The molecule has 0 aliphatic carbocycles. The molecule has 0 heterocycles. The second-order valence-corrected chi connectivity index (χ2v) is 5.22. The summed E-state index contributed by atoms with van der Waals surface area (Å²) < 4.78 is 49.8. The van der Waals surface area contributed by atoms with Crippen molar-refractivity contribution in [2.24, 2.45) is 5.92 Å². The number of hydrogen-bond donors (Lipinski definition) is 0. The Balaban J connectivity index is 3.18. The minimum absolute atomic E-state index is 0.0988. The van der Waals surface area contributed by atoms with Gasteiger partial charge in [0.05, 0.1) is 24.5 Å². The van der Waals surface area contributed by atoms with Crippen LogP contribution >= 0.6 is 11.6 Å². The van der Waals surface area contributed by atoms with Crippen LogP contribution in [-0.4, -0.2) is 24.7 Å². The fourth-order valence-corrected chi connectivity index (χ4v) is 2.09. The fraction of sp³-hybridized carbons (Fsp3) is 0.375. The van der Waals surface area contributed by atoms with Crippen LogP contribution in [-0.2, 0) is 9.53 Å². The Bertz CT molecular complexity index is 653. The molecule has 0 radical (unpaired) electrons. The lowest BCUT2D eigenvalue weighted by atomic mass is 9.98. The minimum atomic E-state index is -4.72. The summed E-state index contributed by atoms with van der Waals surface area (Å²) in [5, 5.41) is 8.98. The van der Waals surface area contributed by atoms with Gasteiger partial charge in [-0.1, -0.05) is 11.6 Å². The first-order chi connectivity index (χ1) is 11.2. The molecule has 8 heteroatoms. The molecule has 1 aromatic carbocycles. The smallest absolute Gasteiger partial charge is 0.399 e. The number of hydrogen-bond acceptors (Lipinski definition) is 4. The van der Waals surface area contributed by atoms with Crippen molar-refractivity contribution >= 4 is 17.4 Å². The quantitative estimate of drug-likeness (QED) is 0.680. The lowest BCUT2D eigenvalue weighted by molar-refractivity contribution is -0.184. The molecule has 2 unspecified atom stereocenters. The molecule has 0 saturated heterocycles. The van der Waals surface area contributed by atoms with Crippen LogP contribution in [0.5, 0.6) is 5.75 Å². The van der Waals surface area contributed by atoms with Crippen LogP contribution in [0.1, 0.15) is 19.4 Å². The Labute approximate surface area is 142 Å². The zero-order valence-corrected chi connectivity index (χ0v) is 13.7. The average molecular weight is 362 g/mol. The Kier molecular flexibility index (Phi) is 7.11. The fourth-order valence-electron chi connectivity index (χ4n) is 1.87. The third-order valence-corrected chi connectivity index (χ3v) is 3.14. The number of halogens is 4. The molecule has 1 aromatic rings.